The summed E-state index contributed by atoms with van der Waals surface area (Å²) in [6, 6.07) is 53.7. The fourth-order valence-electron chi connectivity index (χ4n) is 6.40. The van der Waals surface area contributed by atoms with Crippen LogP contribution in [0.25, 0.3) is 81.6 Å². The molecule has 9 rings (SSSR count). The lowest BCUT2D eigenvalue weighted by Gasteiger charge is -2.11. The van der Waals surface area contributed by atoms with Crippen LogP contribution < -0.4 is 0 Å². The molecule has 0 bridgehead atoms. The van der Waals surface area contributed by atoms with Gasteiger partial charge in [0.05, 0.1) is 16.7 Å². The number of aromatic nitrogens is 3. The molecular weight excluding hydrogens is 555 g/mol. The lowest BCUT2D eigenvalue weighted by molar-refractivity contribution is 1.18. The van der Waals surface area contributed by atoms with E-state index in [0.717, 1.165) is 38.5 Å². The maximum absolute atomic E-state index is 5.25. The number of rotatable bonds is 4. The van der Waals surface area contributed by atoms with Crippen molar-refractivity contribution in [1.82, 2.24) is 14.5 Å². The standard InChI is InChI=1S/C40H25N3S/c1-3-12-26(13-4-1)28-16-11-17-30(24-28)43-34-20-9-7-18-31(34)33-25-29(22-23-35(33)43)38-37-32-19-8-10-21-36(32)44-40(37)42-39(41-38)27-14-5-2-6-15-27/h1-25H. The predicted octanol–water partition coefficient (Wildman–Crippen LogP) is 10.9. The molecular formula is C40H25N3S. The Kier molecular flexibility index (Phi) is 5.68. The zero-order valence-corrected chi connectivity index (χ0v) is 24.5. The van der Waals surface area contributed by atoms with Gasteiger partial charge in [-0.3, -0.25) is 0 Å². The first-order chi connectivity index (χ1) is 21.8. The molecule has 0 atom stereocenters. The van der Waals surface area contributed by atoms with E-state index in [4.69, 9.17) is 9.97 Å². The van der Waals surface area contributed by atoms with Gasteiger partial charge in [0.2, 0.25) is 0 Å². The van der Waals surface area contributed by atoms with E-state index in [1.54, 1.807) is 11.3 Å². The summed E-state index contributed by atoms with van der Waals surface area (Å²) in [6.45, 7) is 0. The van der Waals surface area contributed by atoms with Crippen molar-refractivity contribution >= 4 is 53.4 Å². The Bertz CT molecular complexity index is 2490. The van der Waals surface area contributed by atoms with E-state index in [2.05, 4.69) is 138 Å². The molecule has 0 aliphatic rings. The van der Waals surface area contributed by atoms with E-state index in [1.807, 2.05) is 18.2 Å². The molecule has 0 fully saturated rings. The van der Waals surface area contributed by atoms with Crippen molar-refractivity contribution < 1.29 is 0 Å². The van der Waals surface area contributed by atoms with Gasteiger partial charge in [0.25, 0.3) is 0 Å². The number of thiophene rings is 1. The van der Waals surface area contributed by atoms with Crippen LogP contribution in [0, 0.1) is 0 Å². The molecule has 0 aliphatic heterocycles. The van der Waals surface area contributed by atoms with Crippen molar-refractivity contribution in [3.05, 3.63) is 152 Å². The predicted molar refractivity (Wildman–Crippen MR) is 186 cm³/mol. The van der Waals surface area contributed by atoms with Gasteiger partial charge in [0, 0.05) is 43.1 Å². The molecule has 0 N–H and O–H groups in total. The van der Waals surface area contributed by atoms with Gasteiger partial charge in [-0.15, -0.1) is 11.3 Å². The molecule has 0 aliphatic carbocycles. The highest BCUT2D eigenvalue weighted by atomic mass is 32.1. The van der Waals surface area contributed by atoms with Crippen molar-refractivity contribution in [3.8, 4) is 39.5 Å². The first-order valence-electron chi connectivity index (χ1n) is 14.8. The van der Waals surface area contributed by atoms with Gasteiger partial charge >= 0.3 is 0 Å². The van der Waals surface area contributed by atoms with E-state index in [0.29, 0.717) is 0 Å². The van der Waals surface area contributed by atoms with Crippen LogP contribution in [0.1, 0.15) is 0 Å². The third-order valence-corrected chi connectivity index (χ3v) is 9.49. The smallest absolute Gasteiger partial charge is 0.161 e. The third kappa shape index (κ3) is 3.96. The molecule has 0 radical (unpaired) electrons. The summed E-state index contributed by atoms with van der Waals surface area (Å²) in [6.07, 6.45) is 0. The van der Waals surface area contributed by atoms with Gasteiger partial charge < -0.3 is 4.57 Å². The highest BCUT2D eigenvalue weighted by molar-refractivity contribution is 7.25. The monoisotopic (exact) mass is 579 g/mol. The van der Waals surface area contributed by atoms with E-state index >= 15 is 0 Å². The average molecular weight is 580 g/mol. The Morgan fingerprint density at radius 3 is 1.98 bits per heavy atom. The fraction of sp³-hybridized carbons (Fsp3) is 0. The van der Waals surface area contributed by atoms with Gasteiger partial charge in [-0.2, -0.15) is 0 Å². The second-order valence-electron chi connectivity index (χ2n) is 11.0. The Labute approximate surface area is 258 Å². The Balaban J connectivity index is 1.30. The molecule has 3 nitrogen and oxygen atoms in total. The van der Waals surface area contributed by atoms with Gasteiger partial charge in [-0.05, 0) is 47.5 Å². The van der Waals surface area contributed by atoms with Crippen LogP contribution in [0.2, 0.25) is 0 Å². The van der Waals surface area contributed by atoms with Crippen molar-refractivity contribution in [1.29, 1.82) is 0 Å². The van der Waals surface area contributed by atoms with Gasteiger partial charge in [-0.25, -0.2) is 9.97 Å². The number of benzene rings is 6. The van der Waals surface area contributed by atoms with Gasteiger partial charge in [-0.1, -0.05) is 115 Å². The SMILES string of the molecule is c1ccc(-c2cccc(-n3c4ccccc4c4cc(-c5nc(-c6ccccc6)nc6sc7ccccc7c56)ccc43)c2)cc1. The Morgan fingerprint density at radius 1 is 0.455 bits per heavy atom. The third-order valence-electron chi connectivity index (χ3n) is 8.43. The second kappa shape index (κ2) is 10.0. The first kappa shape index (κ1) is 25.0. The maximum atomic E-state index is 5.25. The normalized spacial score (nSPS) is 11.6. The molecule has 0 saturated carbocycles. The molecule has 0 amide bonds. The zero-order chi connectivity index (χ0) is 29.0. The first-order valence-corrected chi connectivity index (χ1v) is 15.6. The van der Waals surface area contributed by atoms with Crippen molar-refractivity contribution in [2.24, 2.45) is 0 Å². The zero-order valence-electron chi connectivity index (χ0n) is 23.7. The average Bonchev–Trinajstić information content (AvgIpc) is 3.64. The van der Waals surface area contributed by atoms with Crippen molar-refractivity contribution in [2.75, 3.05) is 0 Å². The minimum Gasteiger partial charge on any atom is -0.309 e. The summed E-state index contributed by atoms with van der Waals surface area (Å²) < 4.78 is 3.60. The molecule has 0 spiro atoms. The van der Waals surface area contributed by atoms with Crippen LogP contribution in [0.4, 0.5) is 0 Å². The summed E-state index contributed by atoms with van der Waals surface area (Å²) in [5.41, 5.74) is 8.98. The summed E-state index contributed by atoms with van der Waals surface area (Å²) in [5, 5.41) is 4.74. The van der Waals surface area contributed by atoms with Crippen LogP contribution >= 0.6 is 11.3 Å². The number of fused-ring (bicyclic) bond motifs is 6. The summed E-state index contributed by atoms with van der Waals surface area (Å²) in [4.78, 5) is 11.3. The quantitative estimate of drug-likeness (QED) is 0.208. The highest BCUT2D eigenvalue weighted by Crippen LogP contribution is 2.41. The minimum atomic E-state index is 0.750. The number of hydrogen-bond donors (Lipinski definition) is 0. The van der Waals surface area contributed by atoms with Crippen LogP contribution in [-0.2, 0) is 0 Å². The largest absolute Gasteiger partial charge is 0.309 e. The number of hydrogen-bond acceptors (Lipinski definition) is 3. The number of para-hydroxylation sites is 1. The Hall–Kier alpha value is -5.58. The lowest BCUT2D eigenvalue weighted by Crippen LogP contribution is -1.95. The van der Waals surface area contributed by atoms with Crippen LogP contribution in [0.3, 0.4) is 0 Å². The van der Waals surface area contributed by atoms with E-state index < -0.39 is 0 Å². The topological polar surface area (TPSA) is 30.7 Å². The van der Waals surface area contributed by atoms with Gasteiger partial charge in [0.1, 0.15) is 4.83 Å². The summed E-state index contributed by atoms with van der Waals surface area (Å²) in [7, 11) is 0. The minimum absolute atomic E-state index is 0.750. The lowest BCUT2D eigenvalue weighted by atomic mass is 10.0. The number of nitrogens with zero attached hydrogens (tertiary/aromatic N) is 3. The van der Waals surface area contributed by atoms with Gasteiger partial charge in [0.15, 0.2) is 5.82 Å². The molecule has 0 saturated heterocycles. The van der Waals surface area contributed by atoms with Crippen LogP contribution in [0.5, 0.6) is 0 Å². The van der Waals surface area contributed by atoms with Crippen LogP contribution in [-0.4, -0.2) is 14.5 Å². The maximum Gasteiger partial charge on any atom is 0.161 e. The molecule has 44 heavy (non-hydrogen) atoms. The molecule has 4 heteroatoms. The second-order valence-corrected chi connectivity index (χ2v) is 12.1. The Morgan fingerprint density at radius 2 is 1.14 bits per heavy atom. The van der Waals surface area contributed by atoms with E-state index in [9.17, 15) is 0 Å². The fourth-order valence-corrected chi connectivity index (χ4v) is 7.48. The molecule has 3 heterocycles. The summed E-state index contributed by atoms with van der Waals surface area (Å²) in [5.74, 6) is 0.750. The molecule has 206 valence electrons. The van der Waals surface area contributed by atoms with E-state index in [-0.39, 0.29) is 0 Å². The van der Waals surface area contributed by atoms with Crippen LogP contribution in [0.15, 0.2) is 152 Å². The summed E-state index contributed by atoms with van der Waals surface area (Å²) >= 11 is 1.73. The molecule has 0 unspecified atom stereocenters. The van der Waals surface area contributed by atoms with Crippen molar-refractivity contribution in [2.45, 2.75) is 0 Å². The highest BCUT2D eigenvalue weighted by Gasteiger charge is 2.19. The van der Waals surface area contributed by atoms with E-state index in [1.165, 1.54) is 43.0 Å². The van der Waals surface area contributed by atoms with Crippen molar-refractivity contribution in [3.63, 3.8) is 0 Å². The molecule has 6 aromatic carbocycles. The molecule has 3 aromatic heterocycles. The molecule has 9 aromatic rings.